The van der Waals surface area contributed by atoms with Gasteiger partial charge in [-0.05, 0) is 71.4 Å². The van der Waals surface area contributed by atoms with Gasteiger partial charge < -0.3 is 14.6 Å². The molecule has 0 saturated carbocycles. The van der Waals surface area contributed by atoms with Crippen LogP contribution in [0.4, 0.5) is 0 Å². The van der Waals surface area contributed by atoms with Crippen molar-refractivity contribution < 1.29 is 14.1 Å². The van der Waals surface area contributed by atoms with Crippen LogP contribution in [0.3, 0.4) is 0 Å². The van der Waals surface area contributed by atoms with E-state index in [9.17, 15) is 4.79 Å². The smallest absolute Gasteiger partial charge is 0.251 e. The number of nitrogens with one attached hydrogen (secondary N) is 1. The molecule has 1 aliphatic rings. The van der Waals surface area contributed by atoms with Crippen molar-refractivity contribution >= 4 is 33.2 Å². The zero-order chi connectivity index (χ0) is 21.1. The molecule has 1 atom stereocenters. The van der Waals surface area contributed by atoms with Crippen LogP contribution in [0, 0.1) is 6.92 Å². The van der Waals surface area contributed by atoms with Crippen molar-refractivity contribution in [3.05, 3.63) is 67.6 Å². The molecule has 1 amide bonds. The molecule has 0 spiro atoms. The van der Waals surface area contributed by atoms with E-state index in [2.05, 4.69) is 49.7 Å². The zero-order valence-corrected chi connectivity index (χ0v) is 19.4. The fraction of sp³-hybridized carbons (Fsp3) is 0.364. The van der Waals surface area contributed by atoms with Crippen molar-refractivity contribution in [2.75, 3.05) is 13.1 Å². The van der Waals surface area contributed by atoms with E-state index in [1.807, 2.05) is 24.3 Å². The number of thiophene rings is 1. The minimum atomic E-state index is -0.0885. The summed E-state index contributed by atoms with van der Waals surface area (Å²) in [5.41, 5.74) is 2.74. The van der Waals surface area contributed by atoms with Gasteiger partial charge in [-0.25, -0.2) is 0 Å². The number of benzene rings is 1. The van der Waals surface area contributed by atoms with Crippen LogP contribution >= 0.6 is 27.3 Å². The van der Waals surface area contributed by atoms with E-state index in [1.165, 1.54) is 10.4 Å². The normalized spacial score (nSPS) is 14.9. The lowest BCUT2D eigenvalue weighted by atomic mass is 10.1. The molecule has 0 aliphatic carbocycles. The Balaban J connectivity index is 1.29. The summed E-state index contributed by atoms with van der Waals surface area (Å²) in [6, 6.07) is 9.66. The first kappa shape index (κ1) is 21.1. The van der Waals surface area contributed by atoms with Crippen molar-refractivity contribution in [1.82, 2.24) is 15.4 Å². The molecule has 0 fully saturated rings. The molecule has 4 rings (SSSR count). The Morgan fingerprint density at radius 1 is 1.40 bits per heavy atom. The Kier molecular flexibility index (Phi) is 6.55. The molecular weight excluding hydrogens is 466 g/mol. The Labute approximate surface area is 188 Å². The number of hydrogen-bond donors (Lipinski definition) is 1. The lowest BCUT2D eigenvalue weighted by Gasteiger charge is -2.32. The summed E-state index contributed by atoms with van der Waals surface area (Å²) >= 11 is 5.33. The molecule has 158 valence electrons. The highest BCUT2D eigenvalue weighted by Gasteiger charge is 2.22. The number of aryl methyl sites for hydroxylation is 1. The van der Waals surface area contributed by atoms with Crippen molar-refractivity contribution in [1.29, 1.82) is 0 Å². The molecule has 0 saturated heterocycles. The first-order chi connectivity index (χ1) is 14.5. The number of fused-ring (bicyclic) bond motifs is 1. The maximum absolute atomic E-state index is 12.6. The second-order valence-corrected chi connectivity index (χ2v) is 9.37. The molecule has 3 aromatic rings. The summed E-state index contributed by atoms with van der Waals surface area (Å²) < 4.78 is 11.5. The van der Waals surface area contributed by atoms with Gasteiger partial charge in [-0.3, -0.25) is 9.69 Å². The van der Waals surface area contributed by atoms with Gasteiger partial charge in [-0.2, -0.15) is 0 Å². The number of carbonyl (C=O) groups is 1. The Morgan fingerprint density at radius 3 is 3.03 bits per heavy atom. The molecular formula is C22H24BrN3O3S. The molecule has 30 heavy (non-hydrogen) atoms. The maximum Gasteiger partial charge on any atom is 0.251 e. The second-order valence-electron chi connectivity index (χ2n) is 7.51. The number of amides is 1. The van der Waals surface area contributed by atoms with Crippen LogP contribution in [0.25, 0.3) is 0 Å². The summed E-state index contributed by atoms with van der Waals surface area (Å²) in [7, 11) is 0. The Bertz CT molecular complexity index is 1030. The molecule has 0 radical (unpaired) electrons. The topological polar surface area (TPSA) is 67.6 Å². The molecule has 1 aliphatic heterocycles. The zero-order valence-electron chi connectivity index (χ0n) is 17.0. The van der Waals surface area contributed by atoms with Crippen LogP contribution in [0.15, 0.2) is 44.7 Å². The first-order valence-electron chi connectivity index (χ1n) is 9.91. The molecule has 8 heteroatoms. The molecule has 2 aromatic heterocycles. The van der Waals surface area contributed by atoms with Crippen molar-refractivity contribution in [3.8, 4) is 5.75 Å². The van der Waals surface area contributed by atoms with Gasteiger partial charge >= 0.3 is 0 Å². The fourth-order valence-corrected chi connectivity index (χ4v) is 4.90. The van der Waals surface area contributed by atoms with Crippen LogP contribution in [-0.2, 0) is 19.6 Å². The predicted octanol–water partition coefficient (Wildman–Crippen LogP) is 4.56. The molecule has 0 bridgehead atoms. The number of hydrogen-bond acceptors (Lipinski definition) is 6. The van der Waals surface area contributed by atoms with Gasteiger partial charge in [0.25, 0.3) is 5.91 Å². The number of nitrogens with zero attached hydrogens (tertiary/aromatic N) is 2. The summed E-state index contributed by atoms with van der Waals surface area (Å²) in [5, 5.41) is 9.14. The third kappa shape index (κ3) is 4.94. The van der Waals surface area contributed by atoms with Gasteiger partial charge in [0.2, 0.25) is 0 Å². The van der Waals surface area contributed by atoms with Gasteiger partial charge in [-0.15, -0.1) is 11.3 Å². The number of aromatic nitrogens is 1. The van der Waals surface area contributed by atoms with E-state index >= 15 is 0 Å². The number of carbonyl (C=O) groups excluding carboxylic acids is 1. The largest absolute Gasteiger partial charge is 0.486 e. The molecule has 1 N–H and O–H groups in total. The number of halogens is 1. The third-order valence-electron chi connectivity index (χ3n) is 5.26. The quantitative estimate of drug-likeness (QED) is 0.526. The van der Waals surface area contributed by atoms with Crippen molar-refractivity contribution in [3.63, 3.8) is 0 Å². The SMILES string of the molecule is Cc1cc(COc2ccc(C(=O)NCC(C)N3CCc4sccc4C3)cc2Br)no1. The van der Waals surface area contributed by atoms with Crippen LogP contribution < -0.4 is 10.1 Å². The predicted molar refractivity (Wildman–Crippen MR) is 120 cm³/mol. The first-order valence-corrected chi connectivity index (χ1v) is 11.6. The minimum Gasteiger partial charge on any atom is -0.486 e. The molecule has 1 unspecified atom stereocenters. The lowest BCUT2D eigenvalue weighted by Crippen LogP contribution is -2.44. The van der Waals surface area contributed by atoms with E-state index in [4.69, 9.17) is 9.26 Å². The number of ether oxygens (including phenoxy) is 1. The lowest BCUT2D eigenvalue weighted by molar-refractivity contribution is 0.0932. The van der Waals surface area contributed by atoms with Gasteiger partial charge in [0, 0.05) is 42.2 Å². The highest BCUT2D eigenvalue weighted by atomic mass is 79.9. The fourth-order valence-electron chi connectivity index (χ4n) is 3.51. The average molecular weight is 490 g/mol. The minimum absolute atomic E-state index is 0.0885. The van der Waals surface area contributed by atoms with E-state index < -0.39 is 0 Å². The molecule has 6 nitrogen and oxygen atoms in total. The number of rotatable bonds is 7. The van der Waals surface area contributed by atoms with Crippen LogP contribution in [0.1, 0.15) is 39.2 Å². The van der Waals surface area contributed by atoms with E-state index in [0.29, 0.717) is 24.5 Å². The van der Waals surface area contributed by atoms with Gasteiger partial charge in [-0.1, -0.05) is 5.16 Å². The van der Waals surface area contributed by atoms with Crippen LogP contribution in [-0.4, -0.2) is 35.1 Å². The van der Waals surface area contributed by atoms with E-state index in [-0.39, 0.29) is 11.9 Å². The third-order valence-corrected chi connectivity index (χ3v) is 6.91. The summed E-state index contributed by atoms with van der Waals surface area (Å²) in [6.07, 6.45) is 1.09. The summed E-state index contributed by atoms with van der Waals surface area (Å²) in [5.74, 6) is 1.31. The standard InChI is InChI=1S/C22H24BrN3O3S/c1-14(26-7-5-21-17(12-26)6-8-30-21)11-24-22(27)16-3-4-20(19(23)10-16)28-13-18-9-15(2)29-25-18/h3-4,6,8-10,14H,5,7,11-13H2,1-2H3,(H,24,27). The van der Waals surface area contributed by atoms with Gasteiger partial charge in [0.05, 0.1) is 4.47 Å². The van der Waals surface area contributed by atoms with Crippen molar-refractivity contribution in [2.24, 2.45) is 0 Å². The second kappa shape index (κ2) is 9.32. The average Bonchev–Trinajstić information content (AvgIpc) is 3.38. The van der Waals surface area contributed by atoms with Crippen molar-refractivity contribution in [2.45, 2.75) is 39.5 Å². The summed E-state index contributed by atoms with van der Waals surface area (Å²) in [6.45, 7) is 6.91. The van der Waals surface area contributed by atoms with Gasteiger partial charge in [0.1, 0.15) is 23.8 Å². The maximum atomic E-state index is 12.6. The van der Waals surface area contributed by atoms with Crippen LogP contribution in [0.5, 0.6) is 5.75 Å². The molecule has 3 heterocycles. The van der Waals surface area contributed by atoms with E-state index in [1.54, 1.807) is 18.2 Å². The van der Waals surface area contributed by atoms with E-state index in [0.717, 1.165) is 35.4 Å². The summed E-state index contributed by atoms with van der Waals surface area (Å²) in [4.78, 5) is 16.5. The Hall–Kier alpha value is -2.16. The highest BCUT2D eigenvalue weighted by Crippen LogP contribution is 2.27. The van der Waals surface area contributed by atoms with Crippen LogP contribution in [0.2, 0.25) is 0 Å². The highest BCUT2D eigenvalue weighted by molar-refractivity contribution is 9.10. The van der Waals surface area contributed by atoms with Gasteiger partial charge in [0.15, 0.2) is 0 Å². The Morgan fingerprint density at radius 2 is 2.27 bits per heavy atom. The monoisotopic (exact) mass is 489 g/mol. The molecule has 1 aromatic carbocycles.